The Kier molecular flexibility index (Phi) is 5.37. The molecule has 0 atom stereocenters. The Morgan fingerprint density at radius 2 is 2.17 bits per heavy atom. The lowest BCUT2D eigenvalue weighted by molar-refractivity contribution is 0.397. The third-order valence-corrected chi connectivity index (χ3v) is 4.88. The molecule has 0 aliphatic carbocycles. The molecule has 0 heterocycles. The Labute approximate surface area is 116 Å². The van der Waals surface area contributed by atoms with E-state index in [-0.39, 0.29) is 11.4 Å². The van der Waals surface area contributed by atoms with Crippen LogP contribution in [0.25, 0.3) is 0 Å². The van der Waals surface area contributed by atoms with E-state index in [2.05, 4.69) is 22.5 Å². The molecular weight excluding hydrogens is 318 g/mol. The molecule has 0 aliphatic heterocycles. The highest BCUT2D eigenvalue weighted by Gasteiger charge is 2.25. The zero-order valence-corrected chi connectivity index (χ0v) is 12.8. The predicted octanol–water partition coefficient (Wildman–Crippen LogP) is 2.65. The van der Waals surface area contributed by atoms with Gasteiger partial charge in [-0.1, -0.05) is 28.9 Å². The number of sulfonamides is 1. The first kappa shape index (κ1) is 15.2. The molecule has 0 saturated carbocycles. The molecule has 0 bridgehead atoms. The maximum absolute atomic E-state index is 12.5. The van der Waals surface area contributed by atoms with Gasteiger partial charge in [-0.25, -0.2) is 8.42 Å². The van der Waals surface area contributed by atoms with Gasteiger partial charge in [0.25, 0.3) is 0 Å². The molecule has 1 rings (SSSR count). The van der Waals surface area contributed by atoms with Crippen LogP contribution in [0.3, 0.4) is 0 Å². The molecule has 0 aliphatic rings. The number of methoxy groups -OCH3 is 1. The molecule has 0 fully saturated rings. The zero-order valence-electron chi connectivity index (χ0n) is 10.4. The van der Waals surface area contributed by atoms with Crippen molar-refractivity contribution < 1.29 is 13.2 Å². The topological polar surface area (TPSA) is 46.6 Å². The Balaban J connectivity index is 3.34. The summed E-state index contributed by atoms with van der Waals surface area (Å²) in [7, 11) is -2.12. The van der Waals surface area contributed by atoms with Gasteiger partial charge in [-0.05, 0) is 18.2 Å². The van der Waals surface area contributed by atoms with Crippen molar-refractivity contribution in [3.63, 3.8) is 0 Å². The average Bonchev–Trinajstić information content (AvgIpc) is 2.35. The Morgan fingerprint density at radius 3 is 2.67 bits per heavy atom. The summed E-state index contributed by atoms with van der Waals surface area (Å²) >= 11 is 3.27. The van der Waals surface area contributed by atoms with Crippen molar-refractivity contribution in [1.29, 1.82) is 0 Å². The van der Waals surface area contributed by atoms with Crippen molar-refractivity contribution in [3.05, 3.63) is 35.3 Å². The molecule has 18 heavy (non-hydrogen) atoms. The van der Waals surface area contributed by atoms with E-state index < -0.39 is 10.0 Å². The highest BCUT2D eigenvalue weighted by Crippen LogP contribution is 2.29. The third-order valence-electron chi connectivity index (χ3n) is 2.43. The van der Waals surface area contributed by atoms with Crippen LogP contribution in [0.2, 0.25) is 0 Å². The quantitative estimate of drug-likeness (QED) is 0.752. The standard InChI is InChI=1S/C12H16BrNO3S/c1-4-8-14(5-2)18(15,16)12-9-10(13)6-7-11(12)17-3/h4,6-7,9H,1,5,8H2,2-3H3. The van der Waals surface area contributed by atoms with E-state index in [9.17, 15) is 8.42 Å². The summed E-state index contributed by atoms with van der Waals surface area (Å²) in [4.78, 5) is 0.156. The van der Waals surface area contributed by atoms with Crippen LogP contribution in [0.4, 0.5) is 0 Å². The van der Waals surface area contributed by atoms with Gasteiger partial charge in [0.15, 0.2) is 0 Å². The summed E-state index contributed by atoms with van der Waals surface area (Å²) in [5.41, 5.74) is 0. The molecular formula is C12H16BrNO3S. The second-order valence-electron chi connectivity index (χ2n) is 3.54. The lowest BCUT2D eigenvalue weighted by atomic mass is 10.3. The minimum absolute atomic E-state index is 0.156. The van der Waals surface area contributed by atoms with Crippen LogP contribution in [0.5, 0.6) is 5.75 Å². The normalized spacial score (nSPS) is 11.6. The van der Waals surface area contributed by atoms with Gasteiger partial charge in [0.2, 0.25) is 10.0 Å². The van der Waals surface area contributed by atoms with Gasteiger partial charge in [0, 0.05) is 17.6 Å². The molecule has 0 unspecified atom stereocenters. The number of rotatable bonds is 6. The lowest BCUT2D eigenvalue weighted by Crippen LogP contribution is -2.31. The highest BCUT2D eigenvalue weighted by molar-refractivity contribution is 9.10. The Morgan fingerprint density at radius 1 is 1.50 bits per heavy atom. The monoisotopic (exact) mass is 333 g/mol. The molecule has 0 spiro atoms. The number of nitrogens with zero attached hydrogens (tertiary/aromatic N) is 1. The first-order chi connectivity index (χ1) is 8.47. The Hall–Kier alpha value is -0.850. The Bertz CT molecular complexity index is 528. The first-order valence-corrected chi connectivity index (χ1v) is 7.65. The molecule has 0 N–H and O–H groups in total. The van der Waals surface area contributed by atoms with Crippen LogP contribution in [-0.2, 0) is 10.0 Å². The van der Waals surface area contributed by atoms with E-state index in [0.29, 0.717) is 16.8 Å². The van der Waals surface area contributed by atoms with Crippen LogP contribution in [0, 0.1) is 0 Å². The van der Waals surface area contributed by atoms with Gasteiger partial charge in [-0.3, -0.25) is 0 Å². The minimum Gasteiger partial charge on any atom is -0.495 e. The summed E-state index contributed by atoms with van der Waals surface area (Å²) in [6, 6.07) is 4.90. The van der Waals surface area contributed by atoms with Crippen molar-refractivity contribution in [2.24, 2.45) is 0 Å². The summed E-state index contributed by atoms with van der Waals surface area (Å²) in [5, 5.41) is 0. The number of halogens is 1. The average molecular weight is 334 g/mol. The van der Waals surface area contributed by atoms with Gasteiger partial charge >= 0.3 is 0 Å². The van der Waals surface area contributed by atoms with Gasteiger partial charge < -0.3 is 4.74 Å². The summed E-state index contributed by atoms with van der Waals surface area (Å²) in [5.74, 6) is 0.334. The molecule has 0 radical (unpaired) electrons. The predicted molar refractivity (Wildman–Crippen MR) is 75.3 cm³/mol. The van der Waals surface area contributed by atoms with Gasteiger partial charge in [0.05, 0.1) is 7.11 Å². The van der Waals surface area contributed by atoms with Crippen molar-refractivity contribution in [1.82, 2.24) is 4.31 Å². The molecule has 0 aromatic heterocycles. The van der Waals surface area contributed by atoms with Gasteiger partial charge in [-0.15, -0.1) is 6.58 Å². The van der Waals surface area contributed by atoms with Crippen LogP contribution in [0.1, 0.15) is 6.92 Å². The maximum Gasteiger partial charge on any atom is 0.247 e. The summed E-state index contributed by atoms with van der Waals surface area (Å²) in [6.45, 7) is 6.00. The number of hydrogen-bond donors (Lipinski definition) is 0. The number of benzene rings is 1. The second-order valence-corrected chi connectivity index (χ2v) is 6.36. The number of ether oxygens (including phenoxy) is 1. The molecule has 6 heteroatoms. The SMILES string of the molecule is C=CCN(CC)S(=O)(=O)c1cc(Br)ccc1OC. The molecule has 1 aromatic rings. The molecule has 100 valence electrons. The van der Waals surface area contributed by atoms with E-state index in [1.54, 1.807) is 31.2 Å². The second kappa shape index (κ2) is 6.36. The highest BCUT2D eigenvalue weighted by atomic mass is 79.9. The van der Waals surface area contributed by atoms with Crippen molar-refractivity contribution >= 4 is 26.0 Å². The fraction of sp³-hybridized carbons (Fsp3) is 0.333. The fourth-order valence-corrected chi connectivity index (χ4v) is 3.65. The number of hydrogen-bond acceptors (Lipinski definition) is 3. The van der Waals surface area contributed by atoms with Gasteiger partial charge in [0.1, 0.15) is 10.6 Å². The van der Waals surface area contributed by atoms with Crippen LogP contribution in [-0.4, -0.2) is 32.9 Å². The van der Waals surface area contributed by atoms with Gasteiger partial charge in [-0.2, -0.15) is 4.31 Å². The summed E-state index contributed by atoms with van der Waals surface area (Å²) in [6.07, 6.45) is 1.56. The van der Waals surface area contributed by atoms with Crippen LogP contribution < -0.4 is 4.74 Å². The third kappa shape index (κ3) is 3.13. The molecule has 0 amide bonds. The zero-order chi connectivity index (χ0) is 13.8. The molecule has 0 saturated heterocycles. The van der Waals surface area contributed by atoms with Crippen molar-refractivity contribution in [2.45, 2.75) is 11.8 Å². The van der Waals surface area contributed by atoms with Crippen LogP contribution in [0.15, 0.2) is 40.2 Å². The summed E-state index contributed by atoms with van der Waals surface area (Å²) < 4.78 is 32.1. The largest absolute Gasteiger partial charge is 0.495 e. The van der Waals surface area contributed by atoms with E-state index in [0.717, 1.165) is 0 Å². The first-order valence-electron chi connectivity index (χ1n) is 5.42. The maximum atomic E-state index is 12.5. The van der Waals surface area contributed by atoms with E-state index in [1.165, 1.54) is 11.4 Å². The molecule has 1 aromatic carbocycles. The van der Waals surface area contributed by atoms with Crippen molar-refractivity contribution in [2.75, 3.05) is 20.2 Å². The fourth-order valence-electron chi connectivity index (χ4n) is 1.53. The van der Waals surface area contributed by atoms with Crippen molar-refractivity contribution in [3.8, 4) is 5.75 Å². The molecule has 4 nitrogen and oxygen atoms in total. The van der Waals surface area contributed by atoms with E-state index >= 15 is 0 Å². The smallest absolute Gasteiger partial charge is 0.247 e. The minimum atomic E-state index is -3.57. The lowest BCUT2D eigenvalue weighted by Gasteiger charge is -2.20. The number of likely N-dealkylation sites (N-methyl/N-ethyl adjacent to an activating group) is 1. The van der Waals surface area contributed by atoms with E-state index in [1.807, 2.05) is 0 Å². The van der Waals surface area contributed by atoms with E-state index in [4.69, 9.17) is 4.74 Å². The van der Waals surface area contributed by atoms with Crippen LogP contribution >= 0.6 is 15.9 Å².